The molecule has 1 aliphatic rings. The molecule has 1 aliphatic heterocycles. The Hall–Kier alpha value is -0.310. The van der Waals surface area contributed by atoms with Gasteiger partial charge in [0.25, 0.3) is 0 Å². The van der Waals surface area contributed by atoms with Gasteiger partial charge in [0, 0.05) is 19.6 Å². The van der Waals surface area contributed by atoms with Crippen LogP contribution >= 0.6 is 12.2 Å². The largest absolute Gasteiger partial charge is 0.362 e. The summed E-state index contributed by atoms with van der Waals surface area (Å²) in [5.74, 6) is 0.654. The van der Waals surface area contributed by atoms with Gasteiger partial charge in [-0.25, -0.2) is 0 Å². The molecule has 1 N–H and O–H groups in total. The monoisotopic (exact) mass is 242 g/mol. The molecule has 0 amide bonds. The lowest BCUT2D eigenvalue weighted by atomic mass is 9.85. The van der Waals surface area contributed by atoms with Crippen molar-refractivity contribution >= 4 is 17.3 Å². The maximum atomic E-state index is 5.44. The van der Waals surface area contributed by atoms with E-state index in [9.17, 15) is 0 Å². The molecule has 0 bridgehead atoms. The molecular weight excluding hydrogens is 216 g/mol. The first-order valence-electron chi connectivity index (χ1n) is 6.43. The summed E-state index contributed by atoms with van der Waals surface area (Å²) in [4.78, 5) is 2.34. The Balaban J connectivity index is 2.39. The first-order valence-corrected chi connectivity index (χ1v) is 6.84. The predicted molar refractivity (Wildman–Crippen MR) is 74.6 cm³/mol. The standard InChI is InChI=1S/C13H26N2S/c1-11(2)10-14-12(16)15-8-5-6-13(3,4)7-9-15/h11H,5-10H2,1-4H3,(H,14,16). The Labute approximate surface area is 106 Å². The van der Waals surface area contributed by atoms with Crippen molar-refractivity contribution < 1.29 is 0 Å². The molecule has 16 heavy (non-hydrogen) atoms. The second-order valence-electron chi connectivity index (χ2n) is 6.08. The Morgan fingerprint density at radius 1 is 1.31 bits per heavy atom. The van der Waals surface area contributed by atoms with Gasteiger partial charge in [-0.2, -0.15) is 0 Å². The van der Waals surface area contributed by atoms with Crippen molar-refractivity contribution in [3.63, 3.8) is 0 Å². The highest BCUT2D eigenvalue weighted by Crippen LogP contribution is 2.29. The van der Waals surface area contributed by atoms with E-state index in [1.807, 2.05) is 0 Å². The number of rotatable bonds is 2. The van der Waals surface area contributed by atoms with Gasteiger partial charge in [0.05, 0.1) is 0 Å². The van der Waals surface area contributed by atoms with E-state index in [4.69, 9.17) is 12.2 Å². The predicted octanol–water partition coefficient (Wildman–Crippen LogP) is 3.03. The van der Waals surface area contributed by atoms with Crippen LogP contribution in [0, 0.1) is 11.3 Å². The fraction of sp³-hybridized carbons (Fsp3) is 0.923. The number of nitrogens with zero attached hydrogens (tertiary/aromatic N) is 1. The van der Waals surface area contributed by atoms with Crippen molar-refractivity contribution in [2.75, 3.05) is 19.6 Å². The summed E-state index contributed by atoms with van der Waals surface area (Å²) in [5.41, 5.74) is 0.489. The van der Waals surface area contributed by atoms with Crippen molar-refractivity contribution in [1.29, 1.82) is 0 Å². The molecule has 0 aromatic rings. The first kappa shape index (κ1) is 13.8. The van der Waals surface area contributed by atoms with E-state index in [-0.39, 0.29) is 0 Å². The molecule has 1 rings (SSSR count). The fourth-order valence-electron chi connectivity index (χ4n) is 2.03. The van der Waals surface area contributed by atoms with Crippen LogP contribution in [0.5, 0.6) is 0 Å². The van der Waals surface area contributed by atoms with Crippen LogP contribution in [0.3, 0.4) is 0 Å². The van der Waals surface area contributed by atoms with E-state index in [1.54, 1.807) is 0 Å². The van der Waals surface area contributed by atoms with Crippen LogP contribution in [-0.4, -0.2) is 29.6 Å². The molecule has 0 aliphatic carbocycles. The van der Waals surface area contributed by atoms with Gasteiger partial charge >= 0.3 is 0 Å². The van der Waals surface area contributed by atoms with Crippen molar-refractivity contribution in [3.8, 4) is 0 Å². The molecule has 0 saturated carbocycles. The van der Waals surface area contributed by atoms with E-state index >= 15 is 0 Å². The summed E-state index contributed by atoms with van der Waals surface area (Å²) < 4.78 is 0. The zero-order valence-corrected chi connectivity index (χ0v) is 12.0. The average Bonchev–Trinajstić information content (AvgIpc) is 2.35. The maximum absolute atomic E-state index is 5.44. The summed E-state index contributed by atoms with van der Waals surface area (Å²) in [6, 6.07) is 0. The molecule has 0 aromatic heterocycles. The second kappa shape index (κ2) is 5.85. The second-order valence-corrected chi connectivity index (χ2v) is 6.47. The van der Waals surface area contributed by atoms with Gasteiger partial charge in [-0.1, -0.05) is 27.7 Å². The molecule has 2 nitrogen and oxygen atoms in total. The highest BCUT2D eigenvalue weighted by Gasteiger charge is 2.23. The van der Waals surface area contributed by atoms with Crippen molar-refractivity contribution in [2.24, 2.45) is 11.3 Å². The van der Waals surface area contributed by atoms with Gasteiger partial charge in [0.1, 0.15) is 0 Å². The summed E-state index contributed by atoms with van der Waals surface area (Å²) >= 11 is 5.44. The fourth-order valence-corrected chi connectivity index (χ4v) is 2.30. The minimum atomic E-state index is 0.489. The molecule has 0 unspecified atom stereocenters. The van der Waals surface area contributed by atoms with Crippen LogP contribution in [0.4, 0.5) is 0 Å². The lowest BCUT2D eigenvalue weighted by molar-refractivity contribution is 0.313. The third-order valence-corrected chi connectivity index (χ3v) is 3.69. The number of nitrogens with one attached hydrogen (secondary N) is 1. The smallest absolute Gasteiger partial charge is 0.168 e. The molecule has 0 radical (unpaired) electrons. The summed E-state index contributed by atoms with van der Waals surface area (Å²) in [6.45, 7) is 12.4. The van der Waals surface area contributed by atoms with E-state index in [0.717, 1.165) is 24.7 Å². The lowest BCUT2D eigenvalue weighted by Crippen LogP contribution is -2.41. The minimum Gasteiger partial charge on any atom is -0.362 e. The highest BCUT2D eigenvalue weighted by atomic mass is 32.1. The van der Waals surface area contributed by atoms with Gasteiger partial charge < -0.3 is 10.2 Å². The molecule has 1 saturated heterocycles. The van der Waals surface area contributed by atoms with Crippen LogP contribution in [-0.2, 0) is 0 Å². The minimum absolute atomic E-state index is 0.489. The topological polar surface area (TPSA) is 15.3 Å². The lowest BCUT2D eigenvalue weighted by Gasteiger charge is -2.26. The van der Waals surface area contributed by atoms with Crippen LogP contribution in [0.1, 0.15) is 47.0 Å². The van der Waals surface area contributed by atoms with Gasteiger partial charge in [-0.15, -0.1) is 0 Å². The van der Waals surface area contributed by atoms with Crippen LogP contribution in [0.25, 0.3) is 0 Å². The molecule has 1 heterocycles. The Morgan fingerprint density at radius 2 is 2.00 bits per heavy atom. The van der Waals surface area contributed by atoms with Crippen molar-refractivity contribution in [2.45, 2.75) is 47.0 Å². The number of likely N-dealkylation sites (tertiary alicyclic amines) is 1. The third kappa shape index (κ3) is 4.69. The van der Waals surface area contributed by atoms with Gasteiger partial charge in [-0.3, -0.25) is 0 Å². The average molecular weight is 242 g/mol. The molecule has 94 valence electrons. The number of hydrogen-bond acceptors (Lipinski definition) is 1. The van der Waals surface area contributed by atoms with Crippen LogP contribution in [0.2, 0.25) is 0 Å². The molecular formula is C13H26N2S. The van der Waals surface area contributed by atoms with E-state index in [1.165, 1.54) is 19.3 Å². The van der Waals surface area contributed by atoms with Crippen molar-refractivity contribution in [1.82, 2.24) is 10.2 Å². The van der Waals surface area contributed by atoms with E-state index < -0.39 is 0 Å². The summed E-state index contributed by atoms with van der Waals surface area (Å²) in [5, 5.41) is 4.31. The van der Waals surface area contributed by atoms with Gasteiger partial charge in [0.2, 0.25) is 0 Å². The zero-order chi connectivity index (χ0) is 12.2. The first-order chi connectivity index (χ1) is 7.41. The Morgan fingerprint density at radius 3 is 2.62 bits per heavy atom. The molecule has 3 heteroatoms. The maximum Gasteiger partial charge on any atom is 0.168 e. The summed E-state index contributed by atoms with van der Waals surface area (Å²) in [7, 11) is 0. The number of thiocarbonyl (C=S) groups is 1. The quantitative estimate of drug-likeness (QED) is 0.749. The Bertz CT molecular complexity index is 236. The molecule has 0 atom stereocenters. The molecule has 0 spiro atoms. The number of hydrogen-bond donors (Lipinski definition) is 1. The van der Waals surface area contributed by atoms with Crippen molar-refractivity contribution in [3.05, 3.63) is 0 Å². The summed E-state index contributed by atoms with van der Waals surface area (Å²) in [6.07, 6.45) is 3.82. The molecule has 0 aromatic carbocycles. The third-order valence-electron chi connectivity index (χ3n) is 3.29. The van der Waals surface area contributed by atoms with E-state index in [0.29, 0.717) is 11.3 Å². The highest BCUT2D eigenvalue weighted by molar-refractivity contribution is 7.80. The molecule has 1 fully saturated rings. The Kier molecular flexibility index (Phi) is 5.03. The van der Waals surface area contributed by atoms with Gasteiger partial charge in [-0.05, 0) is 42.8 Å². The van der Waals surface area contributed by atoms with Gasteiger partial charge in [0.15, 0.2) is 5.11 Å². The van der Waals surface area contributed by atoms with Crippen LogP contribution < -0.4 is 5.32 Å². The zero-order valence-electron chi connectivity index (χ0n) is 11.2. The van der Waals surface area contributed by atoms with Crippen LogP contribution in [0.15, 0.2) is 0 Å². The van der Waals surface area contributed by atoms with E-state index in [2.05, 4.69) is 37.9 Å². The SMILES string of the molecule is CC(C)CNC(=S)N1CCCC(C)(C)CC1. The normalized spacial score (nSPS) is 20.7.